The Hall–Kier alpha value is -0.380. The van der Waals surface area contributed by atoms with Gasteiger partial charge in [-0.2, -0.15) is 12.6 Å². The molecule has 90 valence electrons. The predicted molar refractivity (Wildman–Crippen MR) is 72.9 cm³/mol. The number of benzene rings is 1. The Morgan fingerprint density at radius 3 is 2.62 bits per heavy atom. The number of ether oxygens (including phenoxy) is 1. The lowest BCUT2D eigenvalue weighted by atomic mass is 9.96. The van der Waals surface area contributed by atoms with Crippen LogP contribution in [-0.4, -0.2) is 12.9 Å². The summed E-state index contributed by atoms with van der Waals surface area (Å²) >= 11 is 10.4. The summed E-state index contributed by atoms with van der Waals surface area (Å²) in [6.07, 6.45) is 0.805. The monoisotopic (exact) mass is 259 g/mol. The van der Waals surface area contributed by atoms with Crippen LogP contribution in [0.5, 0.6) is 5.75 Å². The van der Waals surface area contributed by atoms with Crippen molar-refractivity contribution in [2.24, 2.45) is 5.73 Å². The summed E-state index contributed by atoms with van der Waals surface area (Å²) in [6.45, 7) is 3.94. The summed E-state index contributed by atoms with van der Waals surface area (Å²) in [5.41, 5.74) is 9.13. The minimum atomic E-state index is -0.0782. The molecule has 0 saturated heterocycles. The van der Waals surface area contributed by atoms with Gasteiger partial charge in [0.05, 0.1) is 7.11 Å². The lowest BCUT2D eigenvalue weighted by Crippen LogP contribution is -2.14. The van der Waals surface area contributed by atoms with E-state index < -0.39 is 0 Å². The zero-order valence-electron chi connectivity index (χ0n) is 9.88. The summed E-state index contributed by atoms with van der Waals surface area (Å²) in [6, 6.07) is 1.86. The molecule has 16 heavy (non-hydrogen) atoms. The van der Waals surface area contributed by atoms with Crippen molar-refractivity contribution in [1.82, 2.24) is 0 Å². The summed E-state index contributed by atoms with van der Waals surface area (Å²) in [5.74, 6) is 1.56. The highest BCUT2D eigenvalue weighted by Crippen LogP contribution is 2.35. The van der Waals surface area contributed by atoms with Gasteiger partial charge in [-0.3, -0.25) is 0 Å². The second-order valence-electron chi connectivity index (χ2n) is 3.87. The summed E-state index contributed by atoms with van der Waals surface area (Å²) in [4.78, 5) is 0. The van der Waals surface area contributed by atoms with Gasteiger partial charge in [0.25, 0.3) is 0 Å². The average Bonchev–Trinajstić information content (AvgIpc) is 2.25. The molecule has 0 aromatic heterocycles. The molecular weight excluding hydrogens is 242 g/mol. The van der Waals surface area contributed by atoms with Gasteiger partial charge in [-0.15, -0.1) is 0 Å². The standard InChI is InChI=1S/C12H18ClNOS/c1-7-6-10(15-3)11(8(2)12(7)13)9(14)4-5-16/h6,9,16H,4-5,14H2,1-3H3. The first-order chi connectivity index (χ1) is 7.52. The van der Waals surface area contributed by atoms with Gasteiger partial charge < -0.3 is 10.5 Å². The van der Waals surface area contributed by atoms with Crippen LogP contribution in [0, 0.1) is 13.8 Å². The van der Waals surface area contributed by atoms with Crippen molar-refractivity contribution in [1.29, 1.82) is 0 Å². The van der Waals surface area contributed by atoms with Crippen molar-refractivity contribution in [3.8, 4) is 5.75 Å². The molecule has 1 rings (SSSR count). The highest BCUT2D eigenvalue weighted by atomic mass is 35.5. The first kappa shape index (κ1) is 13.7. The van der Waals surface area contributed by atoms with E-state index in [9.17, 15) is 0 Å². The van der Waals surface area contributed by atoms with E-state index in [-0.39, 0.29) is 6.04 Å². The molecule has 0 amide bonds. The maximum atomic E-state index is 6.23. The Morgan fingerprint density at radius 2 is 2.12 bits per heavy atom. The van der Waals surface area contributed by atoms with E-state index in [1.807, 2.05) is 19.9 Å². The largest absolute Gasteiger partial charge is 0.496 e. The van der Waals surface area contributed by atoms with E-state index >= 15 is 0 Å². The number of nitrogens with two attached hydrogens (primary N) is 1. The molecule has 0 aliphatic heterocycles. The van der Waals surface area contributed by atoms with Crippen molar-refractivity contribution in [2.45, 2.75) is 26.3 Å². The molecule has 0 fully saturated rings. The highest BCUT2D eigenvalue weighted by Gasteiger charge is 2.17. The number of thiol groups is 1. The van der Waals surface area contributed by atoms with Crippen molar-refractivity contribution < 1.29 is 4.74 Å². The van der Waals surface area contributed by atoms with Gasteiger partial charge in [-0.25, -0.2) is 0 Å². The molecule has 1 aromatic rings. The summed E-state index contributed by atoms with van der Waals surface area (Å²) in [7, 11) is 1.65. The Morgan fingerprint density at radius 1 is 1.50 bits per heavy atom. The van der Waals surface area contributed by atoms with E-state index in [4.69, 9.17) is 22.1 Å². The fraction of sp³-hybridized carbons (Fsp3) is 0.500. The Bertz CT molecular complexity index is 382. The SMILES string of the molecule is COc1cc(C)c(Cl)c(C)c1C(N)CCS. The van der Waals surface area contributed by atoms with Crippen molar-refractivity contribution >= 4 is 24.2 Å². The number of halogens is 1. The number of aryl methyl sites for hydroxylation is 1. The van der Waals surface area contributed by atoms with Crippen LogP contribution < -0.4 is 10.5 Å². The maximum Gasteiger partial charge on any atom is 0.124 e. The van der Waals surface area contributed by atoms with Gasteiger partial charge in [-0.1, -0.05) is 11.6 Å². The molecule has 1 atom stereocenters. The first-order valence-electron chi connectivity index (χ1n) is 5.23. The van der Waals surface area contributed by atoms with E-state index in [1.165, 1.54) is 0 Å². The van der Waals surface area contributed by atoms with Gasteiger partial charge in [0.15, 0.2) is 0 Å². The zero-order valence-corrected chi connectivity index (χ0v) is 11.5. The normalized spacial score (nSPS) is 12.6. The van der Waals surface area contributed by atoms with Crippen molar-refractivity contribution in [2.75, 3.05) is 12.9 Å². The van der Waals surface area contributed by atoms with Crippen LogP contribution in [0.15, 0.2) is 6.07 Å². The third kappa shape index (κ3) is 2.65. The Balaban J connectivity index is 3.29. The fourth-order valence-corrected chi connectivity index (χ4v) is 2.28. The molecule has 2 nitrogen and oxygen atoms in total. The Labute approximate surface area is 108 Å². The third-order valence-electron chi connectivity index (χ3n) is 2.72. The van der Waals surface area contributed by atoms with E-state index in [1.54, 1.807) is 7.11 Å². The van der Waals surface area contributed by atoms with Gasteiger partial charge in [-0.05, 0) is 43.2 Å². The van der Waals surface area contributed by atoms with Crippen LogP contribution in [0.1, 0.15) is 29.2 Å². The number of hydrogen-bond donors (Lipinski definition) is 2. The van der Waals surface area contributed by atoms with Crippen LogP contribution in [-0.2, 0) is 0 Å². The first-order valence-corrected chi connectivity index (χ1v) is 6.24. The van der Waals surface area contributed by atoms with Gasteiger partial charge >= 0.3 is 0 Å². The molecule has 0 bridgehead atoms. The molecule has 0 saturated carbocycles. The van der Waals surface area contributed by atoms with Crippen LogP contribution >= 0.6 is 24.2 Å². The van der Waals surface area contributed by atoms with Crippen LogP contribution in [0.4, 0.5) is 0 Å². The highest BCUT2D eigenvalue weighted by molar-refractivity contribution is 7.80. The minimum Gasteiger partial charge on any atom is -0.496 e. The average molecular weight is 260 g/mol. The van der Waals surface area contributed by atoms with Crippen molar-refractivity contribution in [3.63, 3.8) is 0 Å². The quantitative estimate of drug-likeness (QED) is 0.814. The molecule has 0 spiro atoms. The molecule has 0 aliphatic carbocycles. The summed E-state index contributed by atoms with van der Waals surface area (Å²) < 4.78 is 5.37. The molecular formula is C12H18ClNOS. The van der Waals surface area contributed by atoms with Gasteiger partial charge in [0.2, 0.25) is 0 Å². The second-order valence-corrected chi connectivity index (χ2v) is 4.69. The maximum absolute atomic E-state index is 6.23. The number of rotatable bonds is 4. The minimum absolute atomic E-state index is 0.0782. The third-order valence-corrected chi connectivity index (χ3v) is 3.56. The number of methoxy groups -OCH3 is 1. The lowest BCUT2D eigenvalue weighted by Gasteiger charge is -2.19. The molecule has 1 unspecified atom stereocenters. The van der Waals surface area contributed by atoms with E-state index in [0.29, 0.717) is 0 Å². The van der Waals surface area contributed by atoms with Crippen LogP contribution in [0.25, 0.3) is 0 Å². The van der Waals surface area contributed by atoms with E-state index in [2.05, 4.69) is 12.6 Å². The lowest BCUT2D eigenvalue weighted by molar-refractivity contribution is 0.404. The molecule has 2 N–H and O–H groups in total. The molecule has 1 aromatic carbocycles. The predicted octanol–water partition coefficient (Wildman–Crippen LogP) is 3.29. The van der Waals surface area contributed by atoms with Crippen LogP contribution in [0.2, 0.25) is 5.02 Å². The van der Waals surface area contributed by atoms with Crippen LogP contribution in [0.3, 0.4) is 0 Å². The second kappa shape index (κ2) is 5.80. The smallest absolute Gasteiger partial charge is 0.124 e. The Kier molecular flexibility index (Phi) is 4.96. The topological polar surface area (TPSA) is 35.2 Å². The molecule has 0 radical (unpaired) electrons. The van der Waals surface area contributed by atoms with Crippen molar-refractivity contribution in [3.05, 3.63) is 27.8 Å². The molecule has 4 heteroatoms. The number of hydrogen-bond acceptors (Lipinski definition) is 3. The van der Waals surface area contributed by atoms with Gasteiger partial charge in [0, 0.05) is 16.6 Å². The molecule has 0 aliphatic rings. The fourth-order valence-electron chi connectivity index (χ4n) is 1.85. The zero-order chi connectivity index (χ0) is 12.3. The molecule has 0 heterocycles. The van der Waals surface area contributed by atoms with Gasteiger partial charge in [0.1, 0.15) is 5.75 Å². The van der Waals surface area contributed by atoms with E-state index in [0.717, 1.165) is 39.6 Å². The summed E-state index contributed by atoms with van der Waals surface area (Å²) in [5, 5.41) is 0.769.